The first-order valence-electron chi connectivity index (χ1n) is 14.2. The first-order chi connectivity index (χ1) is 20.3. The van der Waals surface area contributed by atoms with Gasteiger partial charge in [-0.15, -0.1) is 0 Å². The van der Waals surface area contributed by atoms with Crippen LogP contribution in [0, 0.1) is 5.92 Å². The number of piperazine rings is 1. The molecule has 0 spiro atoms. The van der Waals surface area contributed by atoms with Crippen LogP contribution < -0.4 is 15.8 Å². The molecular formula is C30H32BrN5O6. The highest BCUT2D eigenvalue weighted by Gasteiger charge is 2.36. The van der Waals surface area contributed by atoms with Crippen LogP contribution in [0.3, 0.4) is 0 Å². The lowest BCUT2D eigenvalue weighted by atomic mass is 9.83. The molecule has 2 bridgehead atoms. The topological polar surface area (TPSA) is 117 Å². The molecule has 0 radical (unpaired) electrons. The Hall–Kier alpha value is -4.06. The normalized spacial score (nSPS) is 19.7. The summed E-state index contributed by atoms with van der Waals surface area (Å²) in [6.07, 6.45) is 0.624. The highest BCUT2D eigenvalue weighted by molar-refractivity contribution is 9.10. The Morgan fingerprint density at radius 3 is 2.52 bits per heavy atom. The number of ether oxygens (including phenoxy) is 1. The summed E-state index contributed by atoms with van der Waals surface area (Å²) in [5, 5.41) is 2.98. The van der Waals surface area contributed by atoms with Gasteiger partial charge in [-0.05, 0) is 71.6 Å². The van der Waals surface area contributed by atoms with Gasteiger partial charge in [0.25, 0.3) is 17.4 Å². The number of hydrogen-bond acceptors (Lipinski definition) is 7. The molecule has 2 fully saturated rings. The van der Waals surface area contributed by atoms with Gasteiger partial charge in [0.1, 0.15) is 0 Å². The van der Waals surface area contributed by atoms with Crippen LogP contribution in [0.5, 0.6) is 0 Å². The summed E-state index contributed by atoms with van der Waals surface area (Å²) in [7, 11) is 0. The first kappa shape index (κ1) is 28.1. The Balaban J connectivity index is 1.26. The Morgan fingerprint density at radius 2 is 1.79 bits per heavy atom. The second kappa shape index (κ2) is 11.7. The van der Waals surface area contributed by atoms with Crippen LogP contribution >= 0.6 is 15.9 Å². The average molecular weight is 639 g/mol. The van der Waals surface area contributed by atoms with Crippen molar-refractivity contribution in [2.45, 2.75) is 25.8 Å². The molecule has 3 amide bonds. The molecule has 3 aromatic rings. The molecule has 2 saturated heterocycles. The second-order valence-electron chi connectivity index (χ2n) is 10.9. The van der Waals surface area contributed by atoms with E-state index >= 15 is 0 Å². The van der Waals surface area contributed by atoms with Crippen molar-refractivity contribution in [2.24, 2.45) is 5.92 Å². The van der Waals surface area contributed by atoms with Gasteiger partial charge >= 0.3 is 6.09 Å². The van der Waals surface area contributed by atoms with E-state index in [1.54, 1.807) is 47.1 Å². The number of piperidine rings is 1. The molecule has 3 aliphatic rings. The molecular weight excluding hydrogens is 606 g/mol. The number of benzene rings is 1. The van der Waals surface area contributed by atoms with E-state index in [9.17, 15) is 19.2 Å². The molecule has 12 heteroatoms. The number of amides is 3. The molecule has 2 atom stereocenters. The van der Waals surface area contributed by atoms with Crippen molar-refractivity contribution in [3.8, 4) is 0 Å². The van der Waals surface area contributed by atoms with Crippen molar-refractivity contribution in [1.82, 2.24) is 14.4 Å². The molecule has 220 valence electrons. The van der Waals surface area contributed by atoms with E-state index in [1.807, 2.05) is 22.8 Å². The summed E-state index contributed by atoms with van der Waals surface area (Å²) in [6.45, 7) is 5.66. The molecule has 42 heavy (non-hydrogen) atoms. The van der Waals surface area contributed by atoms with Gasteiger partial charge in [-0.3, -0.25) is 14.4 Å². The van der Waals surface area contributed by atoms with Crippen molar-refractivity contribution in [3.05, 3.63) is 80.6 Å². The maximum absolute atomic E-state index is 13.5. The minimum absolute atomic E-state index is 0.0270. The number of hydrogen-bond donors (Lipinski definition) is 1. The number of halogens is 1. The van der Waals surface area contributed by atoms with Crippen LogP contribution in [0.4, 0.5) is 16.2 Å². The molecule has 2 unspecified atom stereocenters. The summed E-state index contributed by atoms with van der Waals surface area (Å²) < 4.78 is 12.9. The third-order valence-corrected chi connectivity index (χ3v) is 8.63. The minimum Gasteiger partial charge on any atom is -0.450 e. The van der Waals surface area contributed by atoms with Gasteiger partial charge in [0.2, 0.25) is 0 Å². The summed E-state index contributed by atoms with van der Waals surface area (Å²) in [4.78, 5) is 56.8. The van der Waals surface area contributed by atoms with E-state index in [1.165, 1.54) is 0 Å². The van der Waals surface area contributed by atoms with E-state index < -0.39 is 5.91 Å². The van der Waals surface area contributed by atoms with E-state index in [2.05, 4.69) is 26.1 Å². The predicted molar refractivity (Wildman–Crippen MR) is 159 cm³/mol. The number of rotatable bonds is 5. The zero-order chi connectivity index (χ0) is 29.4. The van der Waals surface area contributed by atoms with Crippen molar-refractivity contribution in [1.29, 1.82) is 0 Å². The van der Waals surface area contributed by atoms with Gasteiger partial charge < -0.3 is 33.7 Å². The van der Waals surface area contributed by atoms with Crippen LogP contribution in [0.1, 0.15) is 45.9 Å². The lowest BCUT2D eigenvalue weighted by Gasteiger charge is -2.44. The lowest BCUT2D eigenvalue weighted by Crippen LogP contribution is -2.50. The number of anilines is 2. The van der Waals surface area contributed by atoms with E-state index in [0.29, 0.717) is 61.8 Å². The SMILES string of the molecule is CCOC(=O)N1CCN(C(=O)c2ccc(N3CC4CC(C3)c3cccc(=O)n3C4)c(NC(=O)c3ccc(Br)o3)c2)CC1. The van der Waals surface area contributed by atoms with Gasteiger partial charge in [0.05, 0.1) is 18.0 Å². The Morgan fingerprint density at radius 1 is 1.00 bits per heavy atom. The fourth-order valence-corrected chi connectivity index (χ4v) is 6.55. The zero-order valence-electron chi connectivity index (χ0n) is 23.3. The number of aromatic nitrogens is 1. The fraction of sp³-hybridized carbons (Fsp3) is 0.400. The van der Waals surface area contributed by atoms with Crippen LogP contribution in [0.15, 0.2) is 62.4 Å². The molecule has 11 nitrogen and oxygen atoms in total. The Labute approximate surface area is 251 Å². The monoisotopic (exact) mass is 637 g/mol. The van der Waals surface area contributed by atoms with Crippen LogP contribution in [0.25, 0.3) is 0 Å². The van der Waals surface area contributed by atoms with E-state index in [0.717, 1.165) is 24.3 Å². The average Bonchev–Trinajstić information content (AvgIpc) is 3.44. The Kier molecular flexibility index (Phi) is 7.80. The summed E-state index contributed by atoms with van der Waals surface area (Å²) in [5.41, 5.74) is 2.81. The van der Waals surface area contributed by atoms with E-state index in [-0.39, 0.29) is 35.2 Å². The number of carbonyl (C=O) groups excluding carboxylic acids is 3. The molecule has 6 rings (SSSR count). The molecule has 3 aliphatic heterocycles. The minimum atomic E-state index is -0.427. The second-order valence-corrected chi connectivity index (χ2v) is 11.7. The van der Waals surface area contributed by atoms with Gasteiger partial charge in [0.15, 0.2) is 10.4 Å². The van der Waals surface area contributed by atoms with Crippen LogP contribution in [0.2, 0.25) is 0 Å². The highest BCUT2D eigenvalue weighted by Crippen LogP contribution is 2.39. The molecule has 5 heterocycles. The van der Waals surface area contributed by atoms with Crippen LogP contribution in [-0.2, 0) is 11.3 Å². The van der Waals surface area contributed by atoms with E-state index in [4.69, 9.17) is 9.15 Å². The number of furan rings is 1. The Bertz CT molecular complexity index is 1580. The van der Waals surface area contributed by atoms with Crippen molar-refractivity contribution in [3.63, 3.8) is 0 Å². The summed E-state index contributed by atoms with van der Waals surface area (Å²) >= 11 is 3.24. The smallest absolute Gasteiger partial charge is 0.409 e. The van der Waals surface area contributed by atoms with Gasteiger partial charge in [0, 0.05) is 69.1 Å². The standard InChI is InChI=1S/C30H32BrN5O6/c1-2-41-30(40)34-12-10-33(11-13-34)29(39)20-6-7-24(22(15-20)32-28(38)25-8-9-26(31)42-25)35-16-19-14-21(18-35)23-4-3-5-27(37)36(23)17-19/h3-9,15,19,21H,2,10-14,16-18H2,1H3,(H,32,38). The molecule has 0 saturated carbocycles. The fourth-order valence-electron chi connectivity index (χ4n) is 6.25. The number of nitrogens with one attached hydrogen (secondary N) is 1. The number of pyridine rings is 1. The quantitative estimate of drug-likeness (QED) is 0.449. The maximum Gasteiger partial charge on any atom is 0.409 e. The van der Waals surface area contributed by atoms with Crippen molar-refractivity contribution < 1.29 is 23.5 Å². The predicted octanol–water partition coefficient (Wildman–Crippen LogP) is 3.99. The maximum atomic E-state index is 13.5. The molecule has 1 N–H and O–H groups in total. The van der Waals surface area contributed by atoms with Gasteiger partial charge in [-0.2, -0.15) is 0 Å². The summed E-state index contributed by atoms with van der Waals surface area (Å²) in [5.74, 6) is -0.0109. The largest absolute Gasteiger partial charge is 0.450 e. The van der Waals surface area contributed by atoms with Crippen LogP contribution in [-0.4, -0.2) is 78.1 Å². The third-order valence-electron chi connectivity index (χ3n) is 8.20. The number of carbonyl (C=O) groups is 3. The number of fused-ring (bicyclic) bond motifs is 4. The van der Waals surface area contributed by atoms with Gasteiger partial charge in [-0.25, -0.2) is 4.79 Å². The van der Waals surface area contributed by atoms with Gasteiger partial charge in [-0.1, -0.05) is 6.07 Å². The molecule has 0 aliphatic carbocycles. The number of nitrogens with zero attached hydrogens (tertiary/aromatic N) is 4. The highest BCUT2D eigenvalue weighted by atomic mass is 79.9. The first-order valence-corrected chi connectivity index (χ1v) is 15.0. The molecule has 1 aromatic carbocycles. The zero-order valence-corrected chi connectivity index (χ0v) is 24.8. The lowest BCUT2D eigenvalue weighted by molar-refractivity contribution is 0.0570. The summed E-state index contributed by atoms with van der Waals surface area (Å²) in [6, 6.07) is 14.1. The van der Waals surface area contributed by atoms with Crippen molar-refractivity contribution in [2.75, 3.05) is 56.1 Å². The third kappa shape index (κ3) is 5.55. The van der Waals surface area contributed by atoms with Crippen molar-refractivity contribution >= 4 is 45.2 Å². The molecule has 2 aromatic heterocycles.